The Hall–Kier alpha value is -0.0500. The Kier molecular flexibility index (Phi) is 2.69. The van der Waals surface area contributed by atoms with Gasteiger partial charge >= 0.3 is 0 Å². The van der Waals surface area contributed by atoms with E-state index in [0.717, 1.165) is 9.84 Å². The Morgan fingerprint density at radius 1 is 1.25 bits per heavy atom. The maximum atomic E-state index is 2.56. The molecule has 1 heteroatoms. The third-order valence-corrected chi connectivity index (χ3v) is 4.01. The van der Waals surface area contributed by atoms with E-state index in [1.54, 1.807) is 0 Å². The summed E-state index contributed by atoms with van der Waals surface area (Å²) in [6.45, 7) is 0. The molecule has 1 saturated carbocycles. The molecule has 1 fully saturated rings. The van der Waals surface area contributed by atoms with Crippen LogP contribution < -0.4 is 0 Å². The first-order valence-electron chi connectivity index (χ1n) is 4.54. The standard InChI is InChI=1S/C11H13I/c12-11-8-10(11)7-6-9-4-2-1-3-5-9/h1-5,10-11H,6-8H2/t10-,11-/m0/s1. The molecule has 64 valence electrons. The Bertz CT molecular complexity index is 242. The summed E-state index contributed by atoms with van der Waals surface area (Å²) in [6.07, 6.45) is 4.11. The topological polar surface area (TPSA) is 0 Å². The fourth-order valence-corrected chi connectivity index (χ4v) is 2.52. The molecule has 0 unspecified atom stereocenters. The quantitative estimate of drug-likeness (QED) is 0.584. The van der Waals surface area contributed by atoms with E-state index in [2.05, 4.69) is 52.9 Å². The minimum absolute atomic E-state index is 0.978. The van der Waals surface area contributed by atoms with Crippen LogP contribution >= 0.6 is 22.6 Å². The fraction of sp³-hybridized carbons (Fsp3) is 0.455. The van der Waals surface area contributed by atoms with Crippen molar-refractivity contribution in [1.29, 1.82) is 0 Å². The van der Waals surface area contributed by atoms with Gasteiger partial charge in [-0.2, -0.15) is 0 Å². The second-order valence-corrected chi connectivity index (χ2v) is 5.14. The Morgan fingerprint density at radius 2 is 1.92 bits per heavy atom. The number of aryl methyl sites for hydroxylation is 1. The number of halogens is 1. The molecule has 0 saturated heterocycles. The first-order valence-corrected chi connectivity index (χ1v) is 5.79. The Morgan fingerprint density at radius 3 is 2.50 bits per heavy atom. The molecule has 2 atom stereocenters. The number of hydrogen-bond donors (Lipinski definition) is 0. The van der Waals surface area contributed by atoms with Crippen LogP contribution in [0.4, 0.5) is 0 Å². The van der Waals surface area contributed by atoms with Crippen molar-refractivity contribution in [3.05, 3.63) is 35.9 Å². The molecule has 0 N–H and O–H groups in total. The van der Waals surface area contributed by atoms with Crippen molar-refractivity contribution in [1.82, 2.24) is 0 Å². The van der Waals surface area contributed by atoms with Crippen LogP contribution in [0.2, 0.25) is 0 Å². The van der Waals surface area contributed by atoms with Crippen molar-refractivity contribution in [2.24, 2.45) is 5.92 Å². The molecule has 1 aliphatic carbocycles. The monoisotopic (exact) mass is 272 g/mol. The summed E-state index contributed by atoms with van der Waals surface area (Å²) in [5.41, 5.74) is 1.49. The molecule has 0 aliphatic heterocycles. The zero-order chi connectivity index (χ0) is 8.39. The van der Waals surface area contributed by atoms with Crippen LogP contribution in [0.15, 0.2) is 30.3 Å². The molecule has 2 rings (SSSR count). The van der Waals surface area contributed by atoms with Crippen molar-refractivity contribution < 1.29 is 0 Å². The molecule has 1 aliphatic rings. The summed E-state index contributed by atoms with van der Waals surface area (Å²) >= 11 is 2.56. The molecule has 1 aromatic carbocycles. The highest BCUT2D eigenvalue weighted by molar-refractivity contribution is 14.1. The van der Waals surface area contributed by atoms with Gasteiger partial charge in [-0.3, -0.25) is 0 Å². The maximum absolute atomic E-state index is 2.56. The number of rotatable bonds is 3. The number of benzene rings is 1. The highest BCUT2D eigenvalue weighted by Crippen LogP contribution is 2.41. The van der Waals surface area contributed by atoms with Gasteiger partial charge in [0.1, 0.15) is 0 Å². The second kappa shape index (κ2) is 3.77. The molecule has 1 aromatic rings. The molecule has 0 radical (unpaired) electrons. The van der Waals surface area contributed by atoms with E-state index in [4.69, 9.17) is 0 Å². The summed E-state index contributed by atoms with van der Waals surface area (Å²) < 4.78 is 0.978. The molecule has 0 nitrogen and oxygen atoms in total. The van der Waals surface area contributed by atoms with Crippen LogP contribution in [0.1, 0.15) is 18.4 Å². The lowest BCUT2D eigenvalue weighted by Gasteiger charge is -1.98. The molecule has 0 heterocycles. The van der Waals surface area contributed by atoms with Crippen LogP contribution in [-0.2, 0) is 6.42 Å². The third-order valence-electron chi connectivity index (χ3n) is 2.48. The second-order valence-electron chi connectivity index (χ2n) is 3.54. The van der Waals surface area contributed by atoms with Crippen molar-refractivity contribution in [2.75, 3.05) is 0 Å². The van der Waals surface area contributed by atoms with Crippen LogP contribution in [0.25, 0.3) is 0 Å². The van der Waals surface area contributed by atoms with E-state index < -0.39 is 0 Å². The molecule has 12 heavy (non-hydrogen) atoms. The van der Waals surface area contributed by atoms with Crippen LogP contribution in [0.3, 0.4) is 0 Å². The number of hydrogen-bond acceptors (Lipinski definition) is 0. The fourth-order valence-electron chi connectivity index (χ4n) is 1.51. The molecule has 0 spiro atoms. The molecule has 0 amide bonds. The summed E-state index contributed by atoms with van der Waals surface area (Å²) in [7, 11) is 0. The predicted molar refractivity (Wildman–Crippen MR) is 60.7 cm³/mol. The average molecular weight is 272 g/mol. The van der Waals surface area contributed by atoms with Gasteiger partial charge in [0.25, 0.3) is 0 Å². The van der Waals surface area contributed by atoms with E-state index in [-0.39, 0.29) is 0 Å². The lowest BCUT2D eigenvalue weighted by molar-refractivity contribution is 0.733. The Balaban J connectivity index is 1.80. The SMILES string of the molecule is I[C@H]1C[C@@H]1CCc1ccccc1. The molecular formula is C11H13I. The largest absolute Gasteiger partial charge is 0.0823 e. The van der Waals surface area contributed by atoms with E-state index in [0.29, 0.717) is 0 Å². The third kappa shape index (κ3) is 2.22. The van der Waals surface area contributed by atoms with Crippen molar-refractivity contribution in [2.45, 2.75) is 23.2 Å². The first-order chi connectivity index (χ1) is 5.86. The van der Waals surface area contributed by atoms with E-state index in [1.165, 1.54) is 24.8 Å². The highest BCUT2D eigenvalue weighted by Gasteiger charge is 2.33. The lowest BCUT2D eigenvalue weighted by atomic mass is 10.1. The molecule has 0 aromatic heterocycles. The van der Waals surface area contributed by atoms with Gasteiger partial charge in [-0.1, -0.05) is 52.9 Å². The van der Waals surface area contributed by atoms with Gasteiger partial charge in [0, 0.05) is 3.92 Å². The minimum Gasteiger partial charge on any atom is -0.0823 e. The summed E-state index contributed by atoms with van der Waals surface area (Å²) in [4.78, 5) is 0. The van der Waals surface area contributed by atoms with Gasteiger partial charge in [-0.15, -0.1) is 0 Å². The minimum atomic E-state index is 0.978. The zero-order valence-corrected chi connectivity index (χ0v) is 9.20. The lowest BCUT2D eigenvalue weighted by Crippen LogP contribution is -1.87. The van der Waals surface area contributed by atoms with Gasteiger partial charge in [0.2, 0.25) is 0 Å². The van der Waals surface area contributed by atoms with Gasteiger partial charge in [-0.25, -0.2) is 0 Å². The van der Waals surface area contributed by atoms with Gasteiger partial charge < -0.3 is 0 Å². The van der Waals surface area contributed by atoms with Gasteiger partial charge in [0.05, 0.1) is 0 Å². The summed E-state index contributed by atoms with van der Waals surface area (Å²) in [5.74, 6) is 1.02. The Labute approximate surface area is 87.5 Å². The normalized spacial score (nSPS) is 27.1. The van der Waals surface area contributed by atoms with E-state index in [9.17, 15) is 0 Å². The molecular weight excluding hydrogens is 259 g/mol. The van der Waals surface area contributed by atoms with Crippen LogP contribution in [-0.4, -0.2) is 3.92 Å². The van der Waals surface area contributed by atoms with Crippen molar-refractivity contribution >= 4 is 22.6 Å². The van der Waals surface area contributed by atoms with Crippen LogP contribution in [0, 0.1) is 5.92 Å². The first kappa shape index (κ1) is 8.54. The van der Waals surface area contributed by atoms with Gasteiger partial charge in [0.15, 0.2) is 0 Å². The maximum Gasteiger partial charge on any atom is 0.0141 e. The van der Waals surface area contributed by atoms with Crippen molar-refractivity contribution in [3.63, 3.8) is 0 Å². The van der Waals surface area contributed by atoms with Crippen LogP contribution in [0.5, 0.6) is 0 Å². The number of alkyl halides is 1. The smallest absolute Gasteiger partial charge is 0.0141 e. The van der Waals surface area contributed by atoms with Crippen molar-refractivity contribution in [3.8, 4) is 0 Å². The van der Waals surface area contributed by atoms with Gasteiger partial charge in [-0.05, 0) is 30.7 Å². The highest BCUT2D eigenvalue weighted by atomic mass is 127. The van der Waals surface area contributed by atoms with E-state index in [1.807, 2.05) is 0 Å². The average Bonchev–Trinajstić information content (AvgIpc) is 2.81. The summed E-state index contributed by atoms with van der Waals surface area (Å²) in [5, 5.41) is 0. The zero-order valence-electron chi connectivity index (χ0n) is 7.04. The summed E-state index contributed by atoms with van der Waals surface area (Å²) in [6, 6.07) is 10.8. The predicted octanol–water partition coefficient (Wildman–Crippen LogP) is 3.44. The van der Waals surface area contributed by atoms with E-state index >= 15 is 0 Å². The molecule has 0 bridgehead atoms.